The standard InChI is InChI=1S/C15H21FN2O3/c16-13-4-3-11(10-14(13)17)18-15(19)2-1-7-21-12-5-8-20-9-6-12/h3-4,10,12H,1-2,5-9,17H2,(H,18,19). The zero-order valence-corrected chi connectivity index (χ0v) is 11.9. The summed E-state index contributed by atoms with van der Waals surface area (Å²) < 4.78 is 23.9. The fraction of sp³-hybridized carbons (Fsp3) is 0.533. The van der Waals surface area contributed by atoms with Gasteiger partial charge in [0.25, 0.3) is 0 Å². The van der Waals surface area contributed by atoms with Crippen LogP contribution in [0.3, 0.4) is 0 Å². The van der Waals surface area contributed by atoms with Gasteiger partial charge in [0.05, 0.1) is 11.8 Å². The highest BCUT2D eigenvalue weighted by atomic mass is 19.1. The van der Waals surface area contributed by atoms with E-state index < -0.39 is 5.82 Å². The number of hydrogen-bond donors (Lipinski definition) is 2. The lowest BCUT2D eigenvalue weighted by molar-refractivity contribution is -0.116. The van der Waals surface area contributed by atoms with Crippen molar-refractivity contribution in [1.82, 2.24) is 0 Å². The van der Waals surface area contributed by atoms with Gasteiger partial charge in [-0.15, -0.1) is 0 Å². The molecule has 6 heteroatoms. The van der Waals surface area contributed by atoms with E-state index in [-0.39, 0.29) is 17.7 Å². The number of nitrogens with two attached hydrogens (primary N) is 1. The molecule has 1 aromatic carbocycles. The van der Waals surface area contributed by atoms with Gasteiger partial charge in [-0.1, -0.05) is 0 Å². The highest BCUT2D eigenvalue weighted by Crippen LogP contribution is 2.16. The van der Waals surface area contributed by atoms with Crippen molar-refractivity contribution >= 4 is 17.3 Å². The van der Waals surface area contributed by atoms with Crippen LogP contribution in [0.1, 0.15) is 25.7 Å². The lowest BCUT2D eigenvalue weighted by Gasteiger charge is -2.22. The molecule has 0 aliphatic carbocycles. The van der Waals surface area contributed by atoms with Crippen molar-refractivity contribution in [3.05, 3.63) is 24.0 Å². The average Bonchev–Trinajstić information content (AvgIpc) is 2.49. The SMILES string of the molecule is Nc1cc(NC(=O)CCCOC2CCOCC2)ccc1F. The van der Waals surface area contributed by atoms with Gasteiger partial charge in [-0.25, -0.2) is 4.39 Å². The third-order valence-corrected chi connectivity index (χ3v) is 3.35. The third kappa shape index (κ3) is 5.32. The second-order valence-electron chi connectivity index (χ2n) is 5.07. The zero-order chi connectivity index (χ0) is 15.1. The molecule has 0 bridgehead atoms. The predicted octanol–water partition coefficient (Wildman–Crippen LogP) is 2.32. The largest absolute Gasteiger partial charge is 0.396 e. The molecule has 1 saturated heterocycles. The molecule has 0 radical (unpaired) electrons. The Morgan fingerprint density at radius 1 is 1.43 bits per heavy atom. The number of nitrogens with one attached hydrogen (secondary N) is 1. The molecular formula is C15H21FN2O3. The summed E-state index contributed by atoms with van der Waals surface area (Å²) in [6, 6.07) is 4.13. The highest BCUT2D eigenvalue weighted by molar-refractivity contribution is 5.91. The number of nitrogen functional groups attached to an aromatic ring is 1. The molecule has 1 fully saturated rings. The summed E-state index contributed by atoms with van der Waals surface area (Å²) in [5, 5.41) is 2.69. The first-order valence-corrected chi connectivity index (χ1v) is 7.19. The summed E-state index contributed by atoms with van der Waals surface area (Å²) in [5.74, 6) is -0.616. The van der Waals surface area contributed by atoms with E-state index in [1.165, 1.54) is 18.2 Å². The fourth-order valence-corrected chi connectivity index (χ4v) is 2.17. The van der Waals surface area contributed by atoms with Crippen molar-refractivity contribution in [3.8, 4) is 0 Å². The van der Waals surface area contributed by atoms with E-state index in [0.29, 0.717) is 25.1 Å². The summed E-state index contributed by atoms with van der Waals surface area (Å²) in [7, 11) is 0. The molecule has 0 aromatic heterocycles. The Kier molecular flexibility index (Phi) is 5.95. The summed E-state index contributed by atoms with van der Waals surface area (Å²) >= 11 is 0. The van der Waals surface area contributed by atoms with E-state index in [4.69, 9.17) is 15.2 Å². The summed E-state index contributed by atoms with van der Waals surface area (Å²) in [5.41, 5.74) is 5.97. The Morgan fingerprint density at radius 2 is 2.19 bits per heavy atom. The second-order valence-corrected chi connectivity index (χ2v) is 5.07. The number of amides is 1. The Morgan fingerprint density at radius 3 is 2.90 bits per heavy atom. The zero-order valence-electron chi connectivity index (χ0n) is 11.9. The smallest absolute Gasteiger partial charge is 0.224 e. The quantitative estimate of drug-likeness (QED) is 0.624. The lowest BCUT2D eigenvalue weighted by atomic mass is 10.1. The number of carbonyl (C=O) groups is 1. The molecule has 0 spiro atoms. The maximum absolute atomic E-state index is 13.0. The van der Waals surface area contributed by atoms with E-state index >= 15 is 0 Å². The lowest BCUT2D eigenvalue weighted by Crippen LogP contribution is -2.24. The van der Waals surface area contributed by atoms with Crippen molar-refractivity contribution in [2.45, 2.75) is 31.8 Å². The van der Waals surface area contributed by atoms with Gasteiger partial charge in [0.2, 0.25) is 5.91 Å². The molecule has 116 valence electrons. The number of halogens is 1. The van der Waals surface area contributed by atoms with Gasteiger partial charge < -0.3 is 20.5 Å². The summed E-state index contributed by atoms with van der Waals surface area (Å²) in [6.07, 6.45) is 3.10. The van der Waals surface area contributed by atoms with E-state index in [9.17, 15) is 9.18 Å². The number of ether oxygens (including phenoxy) is 2. The predicted molar refractivity (Wildman–Crippen MR) is 78.5 cm³/mol. The molecule has 1 aliphatic rings. The van der Waals surface area contributed by atoms with Crippen LogP contribution >= 0.6 is 0 Å². The Balaban J connectivity index is 1.63. The van der Waals surface area contributed by atoms with Crippen LogP contribution in [0.25, 0.3) is 0 Å². The number of carbonyl (C=O) groups excluding carboxylic acids is 1. The second kappa shape index (κ2) is 7.95. The Labute approximate surface area is 123 Å². The van der Waals surface area contributed by atoms with Crippen LogP contribution in [0.15, 0.2) is 18.2 Å². The molecule has 3 N–H and O–H groups in total. The monoisotopic (exact) mass is 296 g/mol. The number of anilines is 2. The van der Waals surface area contributed by atoms with E-state index in [1.54, 1.807) is 0 Å². The van der Waals surface area contributed by atoms with Crippen LogP contribution in [0.5, 0.6) is 0 Å². The molecule has 2 rings (SSSR count). The molecule has 1 aliphatic heterocycles. The van der Waals surface area contributed by atoms with Crippen molar-refractivity contribution in [3.63, 3.8) is 0 Å². The molecule has 0 saturated carbocycles. The van der Waals surface area contributed by atoms with E-state index in [0.717, 1.165) is 26.1 Å². The topological polar surface area (TPSA) is 73.6 Å². The van der Waals surface area contributed by atoms with E-state index in [1.807, 2.05) is 0 Å². The molecule has 5 nitrogen and oxygen atoms in total. The maximum atomic E-state index is 13.0. The Hall–Kier alpha value is -1.66. The van der Waals surface area contributed by atoms with Crippen molar-refractivity contribution < 1.29 is 18.7 Å². The molecule has 0 unspecified atom stereocenters. The number of benzene rings is 1. The van der Waals surface area contributed by atoms with Crippen LogP contribution in [0.2, 0.25) is 0 Å². The van der Waals surface area contributed by atoms with Crippen LogP contribution in [0.4, 0.5) is 15.8 Å². The van der Waals surface area contributed by atoms with Crippen molar-refractivity contribution in [2.75, 3.05) is 30.9 Å². The van der Waals surface area contributed by atoms with Gasteiger partial charge in [0, 0.05) is 31.9 Å². The van der Waals surface area contributed by atoms with Gasteiger partial charge in [0.1, 0.15) is 5.82 Å². The molecular weight excluding hydrogens is 275 g/mol. The minimum Gasteiger partial charge on any atom is -0.396 e. The Bertz CT molecular complexity index is 476. The van der Waals surface area contributed by atoms with Gasteiger partial charge in [-0.2, -0.15) is 0 Å². The van der Waals surface area contributed by atoms with Gasteiger partial charge in [0.15, 0.2) is 0 Å². The minimum atomic E-state index is -0.488. The van der Waals surface area contributed by atoms with Gasteiger partial charge >= 0.3 is 0 Å². The highest BCUT2D eigenvalue weighted by Gasteiger charge is 2.13. The molecule has 0 atom stereocenters. The van der Waals surface area contributed by atoms with Gasteiger partial charge in [-0.05, 0) is 37.5 Å². The van der Waals surface area contributed by atoms with Crippen LogP contribution in [-0.2, 0) is 14.3 Å². The van der Waals surface area contributed by atoms with Crippen molar-refractivity contribution in [1.29, 1.82) is 0 Å². The molecule has 1 heterocycles. The minimum absolute atomic E-state index is 0.0238. The third-order valence-electron chi connectivity index (χ3n) is 3.35. The first kappa shape index (κ1) is 15.7. The summed E-state index contributed by atoms with van der Waals surface area (Å²) in [4.78, 5) is 11.7. The fourth-order valence-electron chi connectivity index (χ4n) is 2.17. The molecule has 1 amide bonds. The first-order valence-electron chi connectivity index (χ1n) is 7.19. The van der Waals surface area contributed by atoms with E-state index in [2.05, 4.69) is 5.32 Å². The van der Waals surface area contributed by atoms with Gasteiger partial charge in [-0.3, -0.25) is 4.79 Å². The summed E-state index contributed by atoms with van der Waals surface area (Å²) in [6.45, 7) is 2.05. The normalized spacial score (nSPS) is 15.9. The molecule has 1 aromatic rings. The average molecular weight is 296 g/mol. The maximum Gasteiger partial charge on any atom is 0.224 e. The number of hydrogen-bond acceptors (Lipinski definition) is 4. The van der Waals surface area contributed by atoms with Crippen LogP contribution in [-0.4, -0.2) is 31.8 Å². The first-order chi connectivity index (χ1) is 10.1. The number of rotatable bonds is 6. The molecule has 21 heavy (non-hydrogen) atoms. The van der Waals surface area contributed by atoms with Crippen LogP contribution < -0.4 is 11.1 Å². The van der Waals surface area contributed by atoms with Crippen LogP contribution in [0, 0.1) is 5.82 Å². The van der Waals surface area contributed by atoms with Crippen molar-refractivity contribution in [2.24, 2.45) is 0 Å².